The lowest BCUT2D eigenvalue weighted by molar-refractivity contribution is -0.185. The lowest BCUT2D eigenvalue weighted by Crippen LogP contribution is -2.39. The second kappa shape index (κ2) is 14.7. The Hall–Kier alpha value is -2.80. The average Bonchev–Trinajstić information content (AvgIpc) is 3.26. The van der Waals surface area contributed by atoms with Gasteiger partial charge in [0.15, 0.2) is 6.29 Å². The molecule has 3 aromatic carbocycles. The first-order valence-electron chi connectivity index (χ1n) is 12.6. The van der Waals surface area contributed by atoms with E-state index in [2.05, 4.69) is 43.0 Å². The Kier molecular flexibility index (Phi) is 10.7. The second-order valence-corrected chi connectivity index (χ2v) is 8.87. The molecule has 0 spiro atoms. The van der Waals surface area contributed by atoms with Crippen molar-refractivity contribution in [1.82, 2.24) is 0 Å². The first kappa shape index (κ1) is 26.3. The van der Waals surface area contributed by atoms with Crippen LogP contribution in [-0.4, -0.2) is 37.8 Å². The molecule has 4 atom stereocenters. The molecule has 0 aliphatic carbocycles. The van der Waals surface area contributed by atoms with Crippen LogP contribution in [-0.2, 0) is 43.5 Å². The van der Waals surface area contributed by atoms with Gasteiger partial charge in [-0.25, -0.2) is 0 Å². The molecule has 4 rings (SSSR count). The van der Waals surface area contributed by atoms with Gasteiger partial charge >= 0.3 is 0 Å². The summed E-state index contributed by atoms with van der Waals surface area (Å²) in [5, 5.41) is 0. The topological polar surface area (TPSA) is 46.2 Å². The van der Waals surface area contributed by atoms with Crippen molar-refractivity contribution < 1.29 is 23.7 Å². The minimum atomic E-state index is -0.537. The normalized spacial score (nSPS) is 21.4. The Morgan fingerprint density at radius 1 is 0.667 bits per heavy atom. The summed E-state index contributed by atoms with van der Waals surface area (Å²) in [5.41, 5.74) is 3.30. The molecule has 1 heterocycles. The van der Waals surface area contributed by atoms with Gasteiger partial charge in [0.05, 0.1) is 33.0 Å². The molecule has 0 amide bonds. The number of hydrogen-bond acceptors (Lipinski definition) is 5. The molecule has 5 nitrogen and oxygen atoms in total. The van der Waals surface area contributed by atoms with Crippen LogP contribution in [0.5, 0.6) is 0 Å². The van der Waals surface area contributed by atoms with E-state index in [0.29, 0.717) is 33.0 Å². The largest absolute Gasteiger partial charge is 0.374 e. The van der Waals surface area contributed by atoms with Gasteiger partial charge in [-0.05, 0) is 29.5 Å². The molecule has 0 N–H and O–H groups in total. The van der Waals surface area contributed by atoms with Crippen LogP contribution < -0.4 is 0 Å². The van der Waals surface area contributed by atoms with Crippen molar-refractivity contribution in [2.75, 3.05) is 13.2 Å². The van der Waals surface area contributed by atoms with Crippen molar-refractivity contribution in [2.24, 2.45) is 0 Å². The summed E-state index contributed by atoms with van der Waals surface area (Å²) in [5.74, 6) is 0. The Labute approximate surface area is 214 Å². The molecule has 0 unspecified atom stereocenters. The van der Waals surface area contributed by atoms with Crippen molar-refractivity contribution in [3.8, 4) is 0 Å². The molecular formula is C31H36O5. The predicted octanol–water partition coefficient (Wildman–Crippen LogP) is 6.08. The van der Waals surface area contributed by atoms with Crippen molar-refractivity contribution in [1.29, 1.82) is 0 Å². The van der Waals surface area contributed by atoms with Gasteiger partial charge in [0, 0.05) is 0 Å². The molecule has 1 aliphatic rings. The highest BCUT2D eigenvalue weighted by atomic mass is 16.7. The van der Waals surface area contributed by atoms with Crippen LogP contribution in [0, 0.1) is 0 Å². The fraction of sp³-hybridized carbons (Fsp3) is 0.355. The molecule has 190 valence electrons. The monoisotopic (exact) mass is 488 g/mol. The molecular weight excluding hydrogens is 452 g/mol. The van der Waals surface area contributed by atoms with E-state index in [0.717, 1.165) is 29.5 Å². The molecule has 0 radical (unpaired) electrons. The summed E-state index contributed by atoms with van der Waals surface area (Å²) in [6.45, 7) is 6.15. The van der Waals surface area contributed by atoms with E-state index in [1.54, 1.807) is 0 Å². The second-order valence-electron chi connectivity index (χ2n) is 8.87. The lowest BCUT2D eigenvalue weighted by atomic mass is 10.1. The standard InChI is InChI=1S/C31H36O5/c1-2-3-13-20-33-31-30(35-23-27-18-11-6-12-19-27)29(34-22-26-16-9-5-10-17-26)28(36-31)24-32-21-25-14-7-4-8-15-25/h2,4-12,14-19,28-31H,1,3,13,20-24H2/t28-,29-,30-,31+/m1/s1. The minimum Gasteiger partial charge on any atom is -0.374 e. The molecule has 1 saturated heterocycles. The fourth-order valence-electron chi connectivity index (χ4n) is 4.17. The minimum absolute atomic E-state index is 0.317. The van der Waals surface area contributed by atoms with Gasteiger partial charge in [-0.1, -0.05) is 97.1 Å². The maximum atomic E-state index is 6.44. The maximum absolute atomic E-state index is 6.44. The van der Waals surface area contributed by atoms with E-state index in [4.69, 9.17) is 23.7 Å². The van der Waals surface area contributed by atoms with Gasteiger partial charge < -0.3 is 23.7 Å². The Balaban J connectivity index is 1.45. The third kappa shape index (κ3) is 8.12. The van der Waals surface area contributed by atoms with Crippen molar-refractivity contribution in [3.63, 3.8) is 0 Å². The highest BCUT2D eigenvalue weighted by molar-refractivity contribution is 5.15. The van der Waals surface area contributed by atoms with Crippen LogP contribution in [0.4, 0.5) is 0 Å². The van der Waals surface area contributed by atoms with Gasteiger partial charge in [-0.3, -0.25) is 0 Å². The van der Waals surface area contributed by atoms with Gasteiger partial charge in [-0.2, -0.15) is 0 Å². The molecule has 1 aliphatic heterocycles. The van der Waals surface area contributed by atoms with E-state index in [9.17, 15) is 0 Å². The summed E-state index contributed by atoms with van der Waals surface area (Å²) in [7, 11) is 0. The van der Waals surface area contributed by atoms with E-state index in [1.165, 1.54) is 0 Å². The molecule has 0 saturated carbocycles. The Morgan fingerprint density at radius 3 is 1.75 bits per heavy atom. The first-order valence-corrected chi connectivity index (χ1v) is 12.6. The highest BCUT2D eigenvalue weighted by Gasteiger charge is 2.47. The van der Waals surface area contributed by atoms with Crippen LogP contribution in [0.1, 0.15) is 29.5 Å². The number of benzene rings is 3. The number of ether oxygens (including phenoxy) is 5. The maximum Gasteiger partial charge on any atom is 0.186 e. The van der Waals surface area contributed by atoms with E-state index in [1.807, 2.05) is 60.7 Å². The Morgan fingerprint density at radius 2 is 1.19 bits per heavy atom. The van der Waals surface area contributed by atoms with Crippen molar-refractivity contribution >= 4 is 0 Å². The zero-order valence-corrected chi connectivity index (χ0v) is 20.7. The van der Waals surface area contributed by atoms with Gasteiger partial charge in [0.25, 0.3) is 0 Å². The summed E-state index contributed by atoms with van der Waals surface area (Å²) < 4.78 is 31.4. The number of rotatable bonds is 15. The van der Waals surface area contributed by atoms with Crippen LogP contribution in [0.2, 0.25) is 0 Å². The van der Waals surface area contributed by atoms with Gasteiger partial charge in [0.1, 0.15) is 18.3 Å². The summed E-state index contributed by atoms with van der Waals surface area (Å²) in [6, 6.07) is 30.4. The average molecular weight is 489 g/mol. The predicted molar refractivity (Wildman–Crippen MR) is 140 cm³/mol. The first-order chi connectivity index (χ1) is 17.8. The van der Waals surface area contributed by atoms with Crippen LogP contribution in [0.15, 0.2) is 104 Å². The summed E-state index contributed by atoms with van der Waals surface area (Å²) >= 11 is 0. The molecule has 36 heavy (non-hydrogen) atoms. The fourth-order valence-corrected chi connectivity index (χ4v) is 4.17. The van der Waals surface area contributed by atoms with E-state index >= 15 is 0 Å². The molecule has 3 aromatic rings. The van der Waals surface area contributed by atoms with Crippen LogP contribution in [0.25, 0.3) is 0 Å². The van der Waals surface area contributed by atoms with Crippen LogP contribution in [0.3, 0.4) is 0 Å². The van der Waals surface area contributed by atoms with Crippen LogP contribution >= 0.6 is 0 Å². The molecule has 5 heteroatoms. The number of allylic oxidation sites excluding steroid dienone is 1. The van der Waals surface area contributed by atoms with Crippen molar-refractivity contribution in [2.45, 2.75) is 57.3 Å². The summed E-state index contributed by atoms with van der Waals surface area (Å²) in [4.78, 5) is 0. The lowest BCUT2D eigenvalue weighted by Gasteiger charge is -2.25. The molecule has 1 fully saturated rings. The zero-order chi connectivity index (χ0) is 24.8. The molecule has 0 aromatic heterocycles. The summed E-state index contributed by atoms with van der Waals surface area (Å²) in [6.07, 6.45) is 2.08. The van der Waals surface area contributed by atoms with E-state index < -0.39 is 6.29 Å². The smallest absolute Gasteiger partial charge is 0.186 e. The number of unbranched alkanes of at least 4 members (excludes halogenated alkanes) is 1. The zero-order valence-electron chi connectivity index (χ0n) is 20.7. The number of hydrogen-bond donors (Lipinski definition) is 0. The van der Waals surface area contributed by atoms with Gasteiger partial charge in [0.2, 0.25) is 0 Å². The molecule has 0 bridgehead atoms. The van der Waals surface area contributed by atoms with E-state index in [-0.39, 0.29) is 18.3 Å². The SMILES string of the molecule is C=CCCCO[C@H]1O[C@H](COCc2ccccc2)[C@@H](OCc2ccccc2)[C@H]1OCc1ccccc1. The van der Waals surface area contributed by atoms with Crippen molar-refractivity contribution in [3.05, 3.63) is 120 Å². The highest BCUT2D eigenvalue weighted by Crippen LogP contribution is 2.30. The van der Waals surface area contributed by atoms with Gasteiger partial charge in [-0.15, -0.1) is 6.58 Å². The third-order valence-corrected chi connectivity index (χ3v) is 6.07. The Bertz CT molecular complexity index is 995. The quantitative estimate of drug-likeness (QED) is 0.192. The third-order valence-electron chi connectivity index (χ3n) is 6.07.